The summed E-state index contributed by atoms with van der Waals surface area (Å²) < 4.78 is 5.37. The zero-order chi connectivity index (χ0) is 21.3. The molecule has 2 amide bonds. The minimum absolute atomic E-state index is 0.104. The zero-order valence-electron chi connectivity index (χ0n) is 15.9. The minimum Gasteiger partial charge on any atom is -0.491 e. The normalized spacial score (nSPS) is 18.0. The van der Waals surface area contributed by atoms with Crippen molar-refractivity contribution in [1.29, 1.82) is 0 Å². The maximum atomic E-state index is 13.1. The number of aromatic carboxylic acids is 1. The van der Waals surface area contributed by atoms with E-state index in [-0.39, 0.29) is 24.2 Å². The molecule has 1 unspecified atom stereocenters. The predicted octanol–water partition coefficient (Wildman–Crippen LogP) is 0.538. The first-order valence-corrected chi connectivity index (χ1v) is 9.43. The maximum absolute atomic E-state index is 13.1. The third kappa shape index (κ3) is 3.84. The quantitative estimate of drug-likeness (QED) is 0.530. The molecule has 2 aliphatic rings. The average molecular weight is 415 g/mol. The fourth-order valence-corrected chi connectivity index (χ4v) is 3.57. The van der Waals surface area contributed by atoms with E-state index >= 15 is 0 Å². The van der Waals surface area contributed by atoms with Crippen molar-refractivity contribution in [2.75, 3.05) is 41.4 Å². The molecule has 30 heavy (non-hydrogen) atoms. The molecule has 2 bridgehead atoms. The molecule has 0 spiro atoms. The van der Waals surface area contributed by atoms with E-state index in [9.17, 15) is 19.8 Å². The first kappa shape index (κ1) is 19.9. The zero-order valence-corrected chi connectivity index (χ0v) is 15.9. The van der Waals surface area contributed by atoms with Gasteiger partial charge in [0.1, 0.15) is 24.3 Å². The van der Waals surface area contributed by atoms with Gasteiger partial charge in [-0.2, -0.15) is 0 Å². The van der Waals surface area contributed by atoms with Crippen molar-refractivity contribution in [3.63, 3.8) is 0 Å². The third-order valence-corrected chi connectivity index (χ3v) is 5.01. The molecular weight excluding hydrogens is 394 g/mol. The van der Waals surface area contributed by atoms with Gasteiger partial charge in [0, 0.05) is 25.4 Å². The molecule has 4 rings (SSSR count). The second-order valence-electron chi connectivity index (χ2n) is 7.06. The number of hydrogen-bond donors (Lipinski definition) is 4. The van der Waals surface area contributed by atoms with Crippen LogP contribution in [0, 0.1) is 0 Å². The monoisotopic (exact) mass is 415 g/mol. The van der Waals surface area contributed by atoms with E-state index in [2.05, 4.69) is 20.2 Å². The third-order valence-electron chi connectivity index (χ3n) is 5.01. The molecule has 4 heterocycles. The molecule has 1 saturated heterocycles. The smallest absolute Gasteiger partial charge is 0.354 e. The molecule has 11 nitrogen and oxygen atoms in total. The highest BCUT2D eigenvalue weighted by Crippen LogP contribution is 2.39. The van der Waals surface area contributed by atoms with E-state index in [4.69, 9.17) is 9.84 Å². The van der Waals surface area contributed by atoms with Gasteiger partial charge >= 0.3 is 12.0 Å². The van der Waals surface area contributed by atoms with E-state index < -0.39 is 24.7 Å². The first-order chi connectivity index (χ1) is 14.5. The summed E-state index contributed by atoms with van der Waals surface area (Å²) in [4.78, 5) is 36.3. The molecule has 4 N–H and O–H groups in total. The molecule has 2 atom stereocenters. The number of urea groups is 1. The Hall–Kier alpha value is -3.44. The Kier molecular flexibility index (Phi) is 5.38. The Balaban J connectivity index is 1.56. The van der Waals surface area contributed by atoms with Crippen molar-refractivity contribution in [2.24, 2.45) is 0 Å². The molecule has 0 aliphatic carbocycles. The Morgan fingerprint density at radius 1 is 1.33 bits per heavy atom. The van der Waals surface area contributed by atoms with Crippen LogP contribution >= 0.6 is 0 Å². The van der Waals surface area contributed by atoms with Gasteiger partial charge in [-0.05, 0) is 24.6 Å². The molecule has 2 aliphatic heterocycles. The summed E-state index contributed by atoms with van der Waals surface area (Å²) in [5, 5.41) is 30.2. The Morgan fingerprint density at radius 3 is 2.93 bits per heavy atom. The van der Waals surface area contributed by atoms with Gasteiger partial charge in [0.15, 0.2) is 11.5 Å². The van der Waals surface area contributed by atoms with Crippen LogP contribution in [-0.2, 0) is 0 Å². The van der Waals surface area contributed by atoms with Gasteiger partial charge in [-0.15, -0.1) is 0 Å². The fourth-order valence-electron chi connectivity index (χ4n) is 3.57. The number of carboxylic acids is 1. The molecule has 0 radical (unpaired) electrons. The summed E-state index contributed by atoms with van der Waals surface area (Å²) in [7, 11) is 0. The number of nitrogens with one attached hydrogen (secondary N) is 1. The Morgan fingerprint density at radius 2 is 2.17 bits per heavy atom. The van der Waals surface area contributed by atoms with E-state index in [1.54, 1.807) is 12.1 Å². The molecule has 158 valence electrons. The number of hydrogen-bond acceptors (Lipinski definition) is 8. The number of carbonyl (C=O) groups excluding carboxylic acids is 1. The van der Waals surface area contributed by atoms with E-state index in [1.165, 1.54) is 23.2 Å². The largest absolute Gasteiger partial charge is 0.491 e. The van der Waals surface area contributed by atoms with Gasteiger partial charge in [-0.3, -0.25) is 10.2 Å². The van der Waals surface area contributed by atoms with Crippen LogP contribution in [-0.4, -0.2) is 75.7 Å². The molecule has 11 heteroatoms. The van der Waals surface area contributed by atoms with E-state index in [1.807, 2.05) is 0 Å². The lowest BCUT2D eigenvalue weighted by molar-refractivity contribution is 0.0536. The fraction of sp³-hybridized carbons (Fsp3) is 0.368. The number of aliphatic hydroxyl groups excluding tert-OH is 2. The number of amides is 2. The van der Waals surface area contributed by atoms with E-state index in [0.717, 1.165) is 13.0 Å². The first-order valence-electron chi connectivity index (χ1n) is 9.43. The molecule has 0 aromatic carbocycles. The number of rotatable bonds is 6. The number of nitrogens with zero attached hydrogens (tertiary/aromatic N) is 4. The van der Waals surface area contributed by atoms with Crippen molar-refractivity contribution in [2.45, 2.75) is 18.6 Å². The van der Waals surface area contributed by atoms with Crippen LogP contribution in [0.4, 0.5) is 22.1 Å². The Bertz CT molecular complexity index is 970. The summed E-state index contributed by atoms with van der Waals surface area (Å²) >= 11 is 0. The van der Waals surface area contributed by atoms with Gasteiger partial charge in [-0.1, -0.05) is 0 Å². The summed E-state index contributed by atoms with van der Waals surface area (Å²) in [5.74, 6) is -0.264. The second kappa shape index (κ2) is 8.13. The van der Waals surface area contributed by atoms with Crippen molar-refractivity contribution in [3.05, 3.63) is 36.2 Å². The van der Waals surface area contributed by atoms with Gasteiger partial charge in [0.2, 0.25) is 0 Å². The molecule has 2 aromatic heterocycles. The van der Waals surface area contributed by atoms with Crippen LogP contribution in [0.2, 0.25) is 0 Å². The number of aliphatic hydroxyl groups is 2. The highest BCUT2D eigenvalue weighted by molar-refractivity contribution is 6.04. The number of pyridine rings is 2. The lowest BCUT2D eigenvalue weighted by Gasteiger charge is -2.35. The minimum atomic E-state index is -1.16. The maximum Gasteiger partial charge on any atom is 0.354 e. The Labute approximate surface area is 171 Å². The molecule has 0 saturated carbocycles. The van der Waals surface area contributed by atoms with Crippen molar-refractivity contribution < 1.29 is 29.6 Å². The SMILES string of the molecule is O=C(O)c1ccc2c(n1)N(C(=O)Nc1cc(OCC(O)CO)ccn1)[C@H]1CCN2C1. The van der Waals surface area contributed by atoms with Gasteiger partial charge in [-0.25, -0.2) is 19.6 Å². The van der Waals surface area contributed by atoms with E-state index in [0.29, 0.717) is 23.8 Å². The molecule has 1 fully saturated rings. The summed E-state index contributed by atoms with van der Waals surface area (Å²) in [6.45, 7) is 0.869. The highest BCUT2D eigenvalue weighted by atomic mass is 16.5. The lowest BCUT2D eigenvalue weighted by Crippen LogP contribution is -2.48. The van der Waals surface area contributed by atoms with Gasteiger partial charge in [0.05, 0.1) is 18.3 Å². The summed E-state index contributed by atoms with van der Waals surface area (Å²) in [5.41, 5.74) is 0.581. The number of aromatic nitrogens is 2. The van der Waals surface area contributed by atoms with Crippen LogP contribution in [0.15, 0.2) is 30.5 Å². The molecular formula is C19H21N5O6. The number of carboxylic acid groups (broad SMARTS) is 1. The lowest BCUT2D eigenvalue weighted by atomic mass is 10.2. The van der Waals surface area contributed by atoms with Crippen LogP contribution in [0.5, 0.6) is 5.75 Å². The summed E-state index contributed by atoms with van der Waals surface area (Å²) in [6, 6.07) is 5.55. The van der Waals surface area contributed by atoms with Gasteiger partial charge < -0.3 is 25.0 Å². The number of anilines is 3. The van der Waals surface area contributed by atoms with Crippen LogP contribution in [0.3, 0.4) is 0 Å². The van der Waals surface area contributed by atoms with Gasteiger partial charge in [0.25, 0.3) is 0 Å². The predicted molar refractivity (Wildman–Crippen MR) is 106 cm³/mol. The topological polar surface area (TPSA) is 148 Å². The highest BCUT2D eigenvalue weighted by Gasteiger charge is 2.40. The number of fused-ring (bicyclic) bond motifs is 4. The molecule has 2 aromatic rings. The standard InChI is InChI=1S/C19H21N5O6/c25-9-12(26)10-30-13-3-5-20-16(7-13)22-19(29)24-11-4-6-23(8-11)15-2-1-14(18(27)28)21-17(15)24/h1-3,5,7,11-12,25-26H,4,6,8-10H2,(H,27,28)(H,20,22,29)/t11-,12?/m0/s1. The summed E-state index contributed by atoms with van der Waals surface area (Å²) in [6.07, 6.45) is 1.17. The average Bonchev–Trinajstić information content (AvgIpc) is 3.16. The number of carbonyl (C=O) groups is 2. The van der Waals surface area contributed by atoms with Crippen molar-refractivity contribution in [3.8, 4) is 5.75 Å². The van der Waals surface area contributed by atoms with Crippen LogP contribution in [0.1, 0.15) is 16.9 Å². The number of ether oxygens (including phenoxy) is 1. The second-order valence-corrected chi connectivity index (χ2v) is 7.06. The van der Waals surface area contributed by atoms with Crippen molar-refractivity contribution >= 4 is 29.3 Å². The van der Waals surface area contributed by atoms with Crippen LogP contribution in [0.25, 0.3) is 0 Å². The van der Waals surface area contributed by atoms with Crippen LogP contribution < -0.4 is 19.9 Å². The van der Waals surface area contributed by atoms with Crippen molar-refractivity contribution in [1.82, 2.24) is 9.97 Å².